The van der Waals surface area contributed by atoms with Gasteiger partial charge in [0.2, 0.25) is 0 Å². The summed E-state index contributed by atoms with van der Waals surface area (Å²) >= 11 is 0. The van der Waals surface area contributed by atoms with E-state index < -0.39 is 0 Å². The summed E-state index contributed by atoms with van der Waals surface area (Å²) in [7, 11) is 0. The van der Waals surface area contributed by atoms with E-state index in [1.165, 1.54) is 6.42 Å². The van der Waals surface area contributed by atoms with Gasteiger partial charge in [-0.3, -0.25) is 6.58 Å². The molecule has 0 saturated carbocycles. The number of allylic oxidation sites excluding steroid dienone is 2. The summed E-state index contributed by atoms with van der Waals surface area (Å²) in [6.07, 6.45) is 7.75. The van der Waals surface area contributed by atoms with Crippen LogP contribution in [-0.4, -0.2) is 23.1 Å². The minimum Gasteiger partial charge on any atom is -0.507 e. The van der Waals surface area contributed by atoms with E-state index in [2.05, 4.69) is 26.2 Å². The second kappa shape index (κ2) is 31.3. The molecule has 2 heteroatoms. The first-order chi connectivity index (χ1) is 4.33. The summed E-state index contributed by atoms with van der Waals surface area (Å²) in [5.74, 6) is 0. The smallest absolute Gasteiger partial charge is 0.507 e. The van der Waals surface area contributed by atoms with E-state index in [0.29, 0.717) is 0 Å². The molecule has 0 atom stereocenters. The molecule has 0 rings (SSSR count). The van der Waals surface area contributed by atoms with Gasteiger partial charge in [-0.05, 0) is 6.42 Å². The van der Waals surface area contributed by atoms with Gasteiger partial charge in [0.15, 0.2) is 0 Å². The minimum absolute atomic E-state index is 0. The van der Waals surface area contributed by atoms with Crippen molar-refractivity contribution in [2.45, 2.75) is 26.2 Å². The van der Waals surface area contributed by atoms with Gasteiger partial charge in [0, 0.05) is 0 Å². The molecule has 0 aromatic rings. The molecular weight excluding hydrogens is 168 g/mol. The van der Waals surface area contributed by atoms with Gasteiger partial charge in [-0.15, -0.1) is 19.0 Å². The van der Waals surface area contributed by atoms with E-state index in [0.717, 1.165) is 12.8 Å². The maximum atomic E-state index is 3.68. The Kier molecular flexibility index (Phi) is 64.1. The Labute approximate surface area is 93.7 Å². The van der Waals surface area contributed by atoms with E-state index in [-0.39, 0.29) is 35.5 Å². The van der Waals surface area contributed by atoms with Crippen LogP contribution < -0.4 is 0 Å². The normalized spacial score (nSPS) is 5.64. The Bertz CT molecular complexity index is 62.6. The van der Waals surface area contributed by atoms with E-state index in [1.807, 2.05) is 6.08 Å². The van der Waals surface area contributed by atoms with Gasteiger partial charge < -0.3 is 13.0 Å². The molecule has 0 aliphatic carbocycles. The van der Waals surface area contributed by atoms with Crippen molar-refractivity contribution in [1.82, 2.24) is 0 Å². The molecule has 0 aliphatic heterocycles. The molecule has 0 aromatic carbocycles. The molecule has 11 heavy (non-hydrogen) atoms. The third-order valence-electron chi connectivity index (χ3n) is 0.658. The quantitative estimate of drug-likeness (QED) is 0.274. The summed E-state index contributed by atoms with van der Waals surface area (Å²) in [6, 6.07) is 0. The zero-order valence-corrected chi connectivity index (χ0v) is 9.67. The predicted octanol–water partition coefficient (Wildman–Crippen LogP) is 3.21. The number of halogens is 1. The van der Waals surface area contributed by atoms with Gasteiger partial charge in [0.05, 0.1) is 0 Å². The van der Waals surface area contributed by atoms with Crippen LogP contribution in [0.3, 0.4) is 0 Å². The Balaban J connectivity index is -0.0000000437. The SMILES string of the molecule is C=CCCC[CH2-].C=[C-]C.Cl.[Mg+2]. The molecule has 0 N–H and O–H groups in total. The van der Waals surface area contributed by atoms with Gasteiger partial charge in [0.1, 0.15) is 0 Å². The van der Waals surface area contributed by atoms with Crippen LogP contribution in [0.5, 0.6) is 0 Å². The van der Waals surface area contributed by atoms with E-state index in [1.54, 1.807) is 6.92 Å². The van der Waals surface area contributed by atoms with Crippen LogP contribution >= 0.6 is 12.4 Å². The first-order valence-electron chi connectivity index (χ1n) is 3.17. The summed E-state index contributed by atoms with van der Waals surface area (Å²) in [6.45, 7) is 12.2. The van der Waals surface area contributed by atoms with Gasteiger partial charge in [0.25, 0.3) is 0 Å². The molecule has 0 fully saturated rings. The zero-order valence-electron chi connectivity index (χ0n) is 7.44. The maximum absolute atomic E-state index is 3.68. The third kappa shape index (κ3) is 61.4. The fourth-order valence-electron chi connectivity index (χ4n) is 0.289. The van der Waals surface area contributed by atoms with Gasteiger partial charge in [-0.2, -0.15) is 13.3 Å². The standard InChI is InChI=1S/C6H11.C3H5.ClH.Mg/c1-3-5-6-4-2;1-3-2;;/h3H,1-2,4-6H2;1H2,2H3;1H;/q2*-1;;+2. The second-order valence-electron chi connectivity index (χ2n) is 1.64. The van der Waals surface area contributed by atoms with Crippen molar-refractivity contribution in [2.24, 2.45) is 0 Å². The van der Waals surface area contributed by atoms with Crippen molar-refractivity contribution in [3.63, 3.8) is 0 Å². The fourth-order valence-corrected chi connectivity index (χ4v) is 0.289. The zero-order chi connectivity index (χ0) is 7.54. The number of unbranched alkanes of at least 4 members (excludes halogenated alkanes) is 2. The average Bonchev–Trinajstić information content (AvgIpc) is 1.86. The summed E-state index contributed by atoms with van der Waals surface area (Å²) < 4.78 is 0. The monoisotopic (exact) mass is 184 g/mol. The first kappa shape index (κ1) is 22.5. The largest absolute Gasteiger partial charge is 2.00 e. The first-order valence-corrected chi connectivity index (χ1v) is 3.17. The van der Waals surface area contributed by atoms with Crippen LogP contribution in [0.15, 0.2) is 19.2 Å². The molecule has 0 saturated heterocycles. The number of rotatable bonds is 3. The van der Waals surface area contributed by atoms with E-state index >= 15 is 0 Å². The van der Waals surface area contributed by atoms with Crippen LogP contribution in [0.1, 0.15) is 26.2 Å². The van der Waals surface area contributed by atoms with Gasteiger partial charge in [-0.1, -0.05) is 12.5 Å². The van der Waals surface area contributed by atoms with Crippen molar-refractivity contribution in [2.75, 3.05) is 0 Å². The third-order valence-corrected chi connectivity index (χ3v) is 0.658. The predicted molar refractivity (Wildman–Crippen MR) is 57.0 cm³/mol. The summed E-state index contributed by atoms with van der Waals surface area (Å²) in [5.41, 5.74) is 0. The Morgan fingerprint density at radius 2 is 1.91 bits per heavy atom. The molecule has 0 aliphatic rings. The molecule has 0 radical (unpaired) electrons. The topological polar surface area (TPSA) is 0 Å². The van der Waals surface area contributed by atoms with E-state index in [4.69, 9.17) is 0 Å². The summed E-state index contributed by atoms with van der Waals surface area (Å²) in [4.78, 5) is 0. The van der Waals surface area contributed by atoms with Crippen molar-refractivity contribution in [3.8, 4) is 0 Å². The molecule has 0 nitrogen and oxygen atoms in total. The van der Waals surface area contributed by atoms with Crippen molar-refractivity contribution >= 4 is 35.5 Å². The van der Waals surface area contributed by atoms with Gasteiger partial charge in [-0.25, -0.2) is 0 Å². The fraction of sp³-hybridized carbons (Fsp3) is 0.444. The van der Waals surface area contributed by atoms with E-state index in [9.17, 15) is 0 Å². The van der Waals surface area contributed by atoms with Crippen LogP contribution in [-0.2, 0) is 0 Å². The Morgan fingerprint density at radius 1 is 1.55 bits per heavy atom. The maximum Gasteiger partial charge on any atom is 2.00 e. The molecule has 0 heterocycles. The Hall–Kier alpha value is 0.536. The minimum atomic E-state index is 0. The van der Waals surface area contributed by atoms with Crippen LogP contribution in [0.2, 0.25) is 0 Å². The summed E-state index contributed by atoms with van der Waals surface area (Å²) in [5, 5.41) is 0. The van der Waals surface area contributed by atoms with Gasteiger partial charge >= 0.3 is 23.1 Å². The van der Waals surface area contributed by atoms with Crippen molar-refractivity contribution < 1.29 is 0 Å². The van der Waals surface area contributed by atoms with Crippen LogP contribution in [0.4, 0.5) is 0 Å². The average molecular weight is 185 g/mol. The molecular formula is C9H17ClMg. The molecule has 0 unspecified atom stereocenters. The Morgan fingerprint density at radius 3 is 2.00 bits per heavy atom. The van der Waals surface area contributed by atoms with Crippen LogP contribution in [0.25, 0.3) is 0 Å². The molecule has 0 amide bonds. The molecule has 0 spiro atoms. The number of hydrogen-bond acceptors (Lipinski definition) is 0. The number of hydrogen-bond donors (Lipinski definition) is 0. The van der Waals surface area contributed by atoms with Crippen LogP contribution in [0, 0.1) is 13.0 Å². The molecule has 62 valence electrons. The van der Waals surface area contributed by atoms with Crippen molar-refractivity contribution in [1.29, 1.82) is 0 Å². The second-order valence-corrected chi connectivity index (χ2v) is 1.64. The molecule has 0 bridgehead atoms. The van der Waals surface area contributed by atoms with Crippen molar-refractivity contribution in [3.05, 3.63) is 32.2 Å². The molecule has 0 aromatic heterocycles.